The fraction of sp³-hybridized carbons (Fsp3) is 0.529. The number of anilines is 1. The highest BCUT2D eigenvalue weighted by Gasteiger charge is 2.21. The molecule has 3 N–H and O–H groups in total. The summed E-state index contributed by atoms with van der Waals surface area (Å²) in [6.45, 7) is 9.11. The van der Waals surface area contributed by atoms with Crippen molar-refractivity contribution in [2.75, 3.05) is 19.5 Å². The van der Waals surface area contributed by atoms with E-state index in [1.807, 2.05) is 27.7 Å². The van der Waals surface area contributed by atoms with E-state index >= 15 is 0 Å². The molecule has 7 nitrogen and oxygen atoms in total. The first-order valence-electron chi connectivity index (χ1n) is 7.69. The number of hydrogen-bond acceptors (Lipinski definition) is 4. The molecule has 0 saturated carbocycles. The molecule has 0 spiro atoms. The second-order valence-corrected chi connectivity index (χ2v) is 6.58. The number of rotatable bonds is 5. The number of carbonyl (C=O) groups excluding carboxylic acids is 2. The van der Waals surface area contributed by atoms with Gasteiger partial charge in [-0.05, 0) is 46.2 Å². The summed E-state index contributed by atoms with van der Waals surface area (Å²) >= 11 is 0. The van der Waals surface area contributed by atoms with Crippen molar-refractivity contribution in [2.45, 2.75) is 46.2 Å². The highest BCUT2D eigenvalue weighted by atomic mass is 16.5. The van der Waals surface area contributed by atoms with E-state index in [0.29, 0.717) is 17.2 Å². The third kappa shape index (κ3) is 5.64. The minimum atomic E-state index is -0.662. The van der Waals surface area contributed by atoms with E-state index in [1.165, 1.54) is 7.11 Å². The number of methoxy groups -OCH3 is 2. The SMILES string of the molecule is COc1cc(C)c(NC(=O)N[C@H](C)C(=O)NC(C)(C)C)cc1OC. The average molecular weight is 337 g/mol. The minimum absolute atomic E-state index is 0.248. The van der Waals surface area contributed by atoms with Gasteiger partial charge in [-0.15, -0.1) is 0 Å². The molecule has 0 bridgehead atoms. The van der Waals surface area contributed by atoms with Crippen LogP contribution in [0.15, 0.2) is 12.1 Å². The average Bonchev–Trinajstić information content (AvgIpc) is 2.46. The van der Waals surface area contributed by atoms with Gasteiger partial charge in [-0.1, -0.05) is 0 Å². The lowest BCUT2D eigenvalue weighted by molar-refractivity contribution is -0.123. The van der Waals surface area contributed by atoms with Gasteiger partial charge in [-0.25, -0.2) is 4.79 Å². The second kappa shape index (κ2) is 7.90. The van der Waals surface area contributed by atoms with Gasteiger partial charge in [0.15, 0.2) is 11.5 Å². The van der Waals surface area contributed by atoms with Crippen LogP contribution in [0, 0.1) is 6.92 Å². The molecule has 0 aliphatic carbocycles. The Morgan fingerprint density at radius 1 is 1.08 bits per heavy atom. The molecule has 1 rings (SSSR count). The summed E-state index contributed by atoms with van der Waals surface area (Å²) in [7, 11) is 3.07. The Kier molecular flexibility index (Phi) is 6.45. The number of urea groups is 1. The van der Waals surface area contributed by atoms with Crippen LogP contribution in [0.4, 0.5) is 10.5 Å². The topological polar surface area (TPSA) is 88.7 Å². The summed E-state index contributed by atoms with van der Waals surface area (Å²) in [6.07, 6.45) is 0. The highest BCUT2D eigenvalue weighted by molar-refractivity contribution is 5.94. The normalized spacial score (nSPS) is 12.1. The number of nitrogens with one attached hydrogen (secondary N) is 3. The third-order valence-corrected chi connectivity index (χ3v) is 3.22. The van der Waals surface area contributed by atoms with Crippen molar-refractivity contribution in [3.05, 3.63) is 17.7 Å². The fourth-order valence-electron chi connectivity index (χ4n) is 2.01. The summed E-state index contributed by atoms with van der Waals surface area (Å²) in [5.74, 6) is 0.845. The zero-order chi connectivity index (χ0) is 18.5. The molecule has 0 unspecified atom stereocenters. The molecule has 0 heterocycles. The first kappa shape index (κ1) is 19.6. The van der Waals surface area contributed by atoms with Crippen LogP contribution >= 0.6 is 0 Å². The Labute approximate surface area is 143 Å². The Bertz CT molecular complexity index is 609. The van der Waals surface area contributed by atoms with E-state index in [4.69, 9.17) is 9.47 Å². The van der Waals surface area contributed by atoms with Crippen molar-refractivity contribution in [3.8, 4) is 11.5 Å². The van der Waals surface area contributed by atoms with E-state index in [9.17, 15) is 9.59 Å². The van der Waals surface area contributed by atoms with Gasteiger partial charge in [0.2, 0.25) is 5.91 Å². The quantitative estimate of drug-likeness (QED) is 0.770. The van der Waals surface area contributed by atoms with Crippen LogP contribution in [-0.4, -0.2) is 37.7 Å². The van der Waals surface area contributed by atoms with Crippen molar-refractivity contribution in [1.29, 1.82) is 0 Å². The predicted molar refractivity (Wildman–Crippen MR) is 93.8 cm³/mol. The molecular formula is C17H27N3O4. The number of hydrogen-bond donors (Lipinski definition) is 3. The van der Waals surface area contributed by atoms with Crippen molar-refractivity contribution in [1.82, 2.24) is 10.6 Å². The van der Waals surface area contributed by atoms with Crippen LogP contribution < -0.4 is 25.4 Å². The van der Waals surface area contributed by atoms with Crippen LogP contribution in [0.5, 0.6) is 11.5 Å². The molecule has 3 amide bonds. The number of carbonyl (C=O) groups is 2. The van der Waals surface area contributed by atoms with Crippen LogP contribution in [0.25, 0.3) is 0 Å². The minimum Gasteiger partial charge on any atom is -0.493 e. The van der Waals surface area contributed by atoms with Gasteiger partial charge in [-0.3, -0.25) is 4.79 Å². The van der Waals surface area contributed by atoms with Crippen molar-refractivity contribution < 1.29 is 19.1 Å². The zero-order valence-electron chi connectivity index (χ0n) is 15.4. The van der Waals surface area contributed by atoms with Crippen molar-refractivity contribution in [2.24, 2.45) is 0 Å². The standard InChI is InChI=1S/C17H27N3O4/c1-10-8-13(23-6)14(24-7)9-12(10)19-16(22)18-11(2)15(21)20-17(3,4)5/h8-9,11H,1-7H3,(H,20,21)(H2,18,19,22)/t11-/m1/s1. The molecule has 134 valence electrons. The monoisotopic (exact) mass is 337 g/mol. The Morgan fingerprint density at radius 3 is 2.12 bits per heavy atom. The lowest BCUT2D eigenvalue weighted by Crippen LogP contribution is -2.51. The first-order valence-corrected chi connectivity index (χ1v) is 7.69. The maximum absolute atomic E-state index is 12.1. The maximum Gasteiger partial charge on any atom is 0.319 e. The van der Waals surface area contributed by atoms with Gasteiger partial charge in [0.05, 0.1) is 14.2 Å². The van der Waals surface area contributed by atoms with Crippen LogP contribution in [0.3, 0.4) is 0 Å². The molecule has 0 aromatic heterocycles. The number of amides is 3. The Morgan fingerprint density at radius 2 is 1.62 bits per heavy atom. The van der Waals surface area contributed by atoms with Crippen LogP contribution in [0.1, 0.15) is 33.3 Å². The first-order chi connectivity index (χ1) is 11.1. The molecule has 1 aromatic carbocycles. The van der Waals surface area contributed by atoms with Gasteiger partial charge in [-0.2, -0.15) is 0 Å². The summed E-state index contributed by atoms with van der Waals surface area (Å²) in [6, 6.07) is 2.31. The molecule has 24 heavy (non-hydrogen) atoms. The molecule has 1 atom stereocenters. The lowest BCUT2D eigenvalue weighted by atomic mass is 10.1. The predicted octanol–water partition coefficient (Wildman–Crippen LogP) is 2.44. The molecule has 0 aliphatic heterocycles. The summed E-state index contributed by atoms with van der Waals surface area (Å²) in [5, 5.41) is 8.14. The van der Waals surface area contributed by atoms with E-state index in [0.717, 1.165) is 5.56 Å². The molecule has 0 radical (unpaired) electrons. The molecule has 0 aliphatic rings. The molecule has 7 heteroatoms. The summed E-state index contributed by atoms with van der Waals surface area (Å²) in [5.41, 5.74) is 1.03. The van der Waals surface area contributed by atoms with Gasteiger partial charge in [0, 0.05) is 17.3 Å². The summed E-state index contributed by atoms with van der Waals surface area (Å²) in [4.78, 5) is 24.1. The Hall–Kier alpha value is -2.44. The van der Waals surface area contributed by atoms with E-state index < -0.39 is 12.1 Å². The number of aryl methyl sites for hydroxylation is 1. The van der Waals surface area contributed by atoms with E-state index in [-0.39, 0.29) is 11.4 Å². The molecule has 0 saturated heterocycles. The molecular weight excluding hydrogens is 310 g/mol. The molecule has 1 aromatic rings. The lowest BCUT2D eigenvalue weighted by Gasteiger charge is -2.24. The smallest absolute Gasteiger partial charge is 0.319 e. The molecule has 0 fully saturated rings. The second-order valence-electron chi connectivity index (χ2n) is 6.58. The van der Waals surface area contributed by atoms with E-state index in [2.05, 4.69) is 16.0 Å². The van der Waals surface area contributed by atoms with E-state index in [1.54, 1.807) is 26.2 Å². The van der Waals surface area contributed by atoms with Crippen molar-refractivity contribution >= 4 is 17.6 Å². The van der Waals surface area contributed by atoms with Gasteiger partial charge in [0.25, 0.3) is 0 Å². The van der Waals surface area contributed by atoms with Crippen LogP contribution in [-0.2, 0) is 4.79 Å². The Balaban J connectivity index is 2.76. The number of ether oxygens (including phenoxy) is 2. The van der Waals surface area contributed by atoms with Gasteiger partial charge < -0.3 is 25.4 Å². The largest absolute Gasteiger partial charge is 0.493 e. The fourth-order valence-corrected chi connectivity index (χ4v) is 2.01. The zero-order valence-corrected chi connectivity index (χ0v) is 15.4. The highest BCUT2D eigenvalue weighted by Crippen LogP contribution is 2.32. The maximum atomic E-state index is 12.1. The third-order valence-electron chi connectivity index (χ3n) is 3.22. The summed E-state index contributed by atoms with van der Waals surface area (Å²) < 4.78 is 10.4. The van der Waals surface area contributed by atoms with Gasteiger partial charge in [0.1, 0.15) is 6.04 Å². The van der Waals surface area contributed by atoms with Crippen LogP contribution in [0.2, 0.25) is 0 Å². The number of benzene rings is 1. The van der Waals surface area contributed by atoms with Crippen molar-refractivity contribution in [3.63, 3.8) is 0 Å². The van der Waals surface area contributed by atoms with Gasteiger partial charge >= 0.3 is 6.03 Å².